The highest BCUT2D eigenvalue weighted by atomic mass is 35.5. The number of carboxylic acids is 1. The van der Waals surface area contributed by atoms with Crippen LogP contribution in [0.5, 0.6) is 0 Å². The SMILES string of the molecule is N[C@@H](C(=O)O)C(O)CCl. The monoisotopic (exact) mass is 153 g/mol. The highest BCUT2D eigenvalue weighted by molar-refractivity contribution is 6.18. The zero-order valence-corrected chi connectivity index (χ0v) is 5.38. The van der Waals surface area contributed by atoms with Crippen LogP contribution >= 0.6 is 11.6 Å². The second-order valence-electron chi connectivity index (χ2n) is 1.59. The number of halogens is 1. The third kappa shape index (κ3) is 2.64. The van der Waals surface area contributed by atoms with Crippen molar-refractivity contribution in [2.24, 2.45) is 5.73 Å². The Hall–Kier alpha value is -0.320. The average Bonchev–Trinajstić information content (AvgIpc) is 1.84. The molecule has 0 spiro atoms. The maximum absolute atomic E-state index is 9.96. The molecular formula is C4H8ClNO3. The topological polar surface area (TPSA) is 83.6 Å². The first kappa shape index (κ1) is 8.68. The molecule has 4 N–H and O–H groups in total. The van der Waals surface area contributed by atoms with Crippen molar-refractivity contribution >= 4 is 17.6 Å². The molecule has 0 fully saturated rings. The number of rotatable bonds is 3. The van der Waals surface area contributed by atoms with Crippen LogP contribution in [0.15, 0.2) is 0 Å². The molecule has 0 amide bonds. The molecule has 0 aliphatic heterocycles. The average molecular weight is 154 g/mol. The minimum Gasteiger partial charge on any atom is -0.480 e. The molecule has 2 atom stereocenters. The number of alkyl halides is 1. The van der Waals surface area contributed by atoms with Gasteiger partial charge in [-0.25, -0.2) is 0 Å². The summed E-state index contributed by atoms with van der Waals surface area (Å²) in [6, 6.07) is -1.28. The molecule has 9 heavy (non-hydrogen) atoms. The van der Waals surface area contributed by atoms with Crippen LogP contribution in [0.4, 0.5) is 0 Å². The molecule has 4 nitrogen and oxygen atoms in total. The van der Waals surface area contributed by atoms with Gasteiger partial charge in [-0.3, -0.25) is 4.79 Å². The molecule has 0 heterocycles. The normalized spacial score (nSPS) is 16.8. The molecule has 0 aromatic rings. The third-order valence-corrected chi connectivity index (χ3v) is 1.17. The predicted octanol–water partition coefficient (Wildman–Crippen LogP) is -1.00. The highest BCUT2D eigenvalue weighted by Gasteiger charge is 2.20. The van der Waals surface area contributed by atoms with E-state index in [0.29, 0.717) is 0 Å². The van der Waals surface area contributed by atoms with Crippen molar-refractivity contribution in [3.8, 4) is 0 Å². The fraction of sp³-hybridized carbons (Fsp3) is 0.750. The van der Waals surface area contributed by atoms with E-state index in [-0.39, 0.29) is 5.88 Å². The fourth-order valence-electron chi connectivity index (χ4n) is 0.261. The molecule has 0 aromatic heterocycles. The highest BCUT2D eigenvalue weighted by Crippen LogP contribution is 1.92. The van der Waals surface area contributed by atoms with Crippen molar-refractivity contribution in [2.45, 2.75) is 12.1 Å². The quantitative estimate of drug-likeness (QED) is 0.454. The molecule has 0 saturated heterocycles. The number of aliphatic hydroxyl groups excluding tert-OH is 1. The van der Waals surface area contributed by atoms with Gasteiger partial charge in [-0.1, -0.05) is 0 Å². The van der Waals surface area contributed by atoms with Gasteiger partial charge in [0.05, 0.1) is 12.0 Å². The Bertz CT molecular complexity index is 108. The summed E-state index contributed by atoms with van der Waals surface area (Å²) in [6.07, 6.45) is -1.16. The maximum Gasteiger partial charge on any atom is 0.323 e. The van der Waals surface area contributed by atoms with Crippen molar-refractivity contribution in [2.75, 3.05) is 5.88 Å². The van der Waals surface area contributed by atoms with Crippen LogP contribution in [0, 0.1) is 0 Å². The largest absolute Gasteiger partial charge is 0.480 e. The van der Waals surface area contributed by atoms with Gasteiger partial charge in [0.25, 0.3) is 0 Å². The standard InChI is InChI=1S/C4H8ClNO3/c5-1-2(7)3(6)4(8)9/h2-3,7H,1,6H2,(H,8,9)/t2?,3-/m1/s1. The zero-order chi connectivity index (χ0) is 7.44. The molecule has 0 bridgehead atoms. The molecule has 5 heteroatoms. The van der Waals surface area contributed by atoms with Crippen molar-refractivity contribution < 1.29 is 15.0 Å². The summed E-state index contributed by atoms with van der Waals surface area (Å²) < 4.78 is 0. The molecule has 1 unspecified atom stereocenters. The Labute approximate surface area is 57.2 Å². The van der Waals surface area contributed by atoms with Gasteiger partial charge >= 0.3 is 5.97 Å². The van der Waals surface area contributed by atoms with Crippen molar-refractivity contribution in [1.29, 1.82) is 0 Å². The predicted molar refractivity (Wildman–Crippen MR) is 32.3 cm³/mol. The van der Waals surface area contributed by atoms with E-state index < -0.39 is 18.1 Å². The summed E-state index contributed by atoms with van der Waals surface area (Å²) in [5.41, 5.74) is 4.94. The molecule has 0 aromatic carbocycles. The van der Waals surface area contributed by atoms with Crippen LogP contribution in [0.25, 0.3) is 0 Å². The van der Waals surface area contributed by atoms with Gasteiger partial charge < -0.3 is 15.9 Å². The van der Waals surface area contributed by atoms with E-state index in [2.05, 4.69) is 0 Å². The second-order valence-corrected chi connectivity index (χ2v) is 1.89. The molecule has 0 rings (SSSR count). The van der Waals surface area contributed by atoms with Gasteiger partial charge in [0.1, 0.15) is 6.04 Å². The minimum atomic E-state index is -1.28. The Morgan fingerprint density at radius 3 is 2.33 bits per heavy atom. The number of hydrogen-bond donors (Lipinski definition) is 3. The first-order chi connectivity index (χ1) is 4.09. The van der Waals surface area contributed by atoms with Gasteiger partial charge in [0.15, 0.2) is 0 Å². The molecule has 0 saturated carbocycles. The number of carboxylic acid groups (broad SMARTS) is 1. The second kappa shape index (κ2) is 3.66. The Balaban J connectivity index is 3.72. The van der Waals surface area contributed by atoms with E-state index in [9.17, 15) is 4.79 Å². The van der Waals surface area contributed by atoms with Crippen LogP contribution in [0.1, 0.15) is 0 Å². The first-order valence-electron chi connectivity index (χ1n) is 2.32. The van der Waals surface area contributed by atoms with E-state index in [1.165, 1.54) is 0 Å². The molecule has 0 aliphatic rings. The van der Waals surface area contributed by atoms with Crippen molar-refractivity contribution in [3.63, 3.8) is 0 Å². The van der Waals surface area contributed by atoms with E-state index in [1.54, 1.807) is 0 Å². The number of aliphatic carboxylic acids is 1. The Morgan fingerprint density at radius 2 is 2.22 bits per heavy atom. The lowest BCUT2D eigenvalue weighted by Crippen LogP contribution is -2.42. The number of nitrogens with two attached hydrogens (primary N) is 1. The van der Waals surface area contributed by atoms with Crippen LogP contribution in [-0.4, -0.2) is 34.2 Å². The van der Waals surface area contributed by atoms with Crippen LogP contribution in [-0.2, 0) is 4.79 Å². The van der Waals surface area contributed by atoms with Gasteiger partial charge in [0, 0.05) is 0 Å². The number of hydrogen-bond acceptors (Lipinski definition) is 3. The van der Waals surface area contributed by atoms with Crippen LogP contribution in [0.3, 0.4) is 0 Å². The van der Waals surface area contributed by atoms with Crippen LogP contribution < -0.4 is 5.73 Å². The molecule has 54 valence electrons. The summed E-state index contributed by atoms with van der Waals surface area (Å²) in [6.45, 7) is 0. The van der Waals surface area contributed by atoms with Gasteiger partial charge in [0.2, 0.25) is 0 Å². The zero-order valence-electron chi connectivity index (χ0n) is 4.62. The lowest BCUT2D eigenvalue weighted by molar-refractivity contribution is -0.140. The summed E-state index contributed by atoms with van der Waals surface area (Å²) in [7, 11) is 0. The van der Waals surface area contributed by atoms with Crippen molar-refractivity contribution in [1.82, 2.24) is 0 Å². The summed E-state index contributed by atoms with van der Waals surface area (Å²) >= 11 is 5.10. The molecule has 0 radical (unpaired) electrons. The van der Waals surface area contributed by atoms with E-state index in [0.717, 1.165) is 0 Å². The summed E-state index contributed by atoms with van der Waals surface area (Å²) in [5, 5.41) is 16.8. The Kier molecular flexibility index (Phi) is 3.53. The number of aliphatic hydroxyl groups is 1. The van der Waals surface area contributed by atoms with E-state index in [4.69, 9.17) is 27.5 Å². The van der Waals surface area contributed by atoms with E-state index >= 15 is 0 Å². The van der Waals surface area contributed by atoms with Crippen molar-refractivity contribution in [3.05, 3.63) is 0 Å². The first-order valence-corrected chi connectivity index (χ1v) is 2.85. The molecule has 0 aliphatic carbocycles. The number of carbonyl (C=O) groups is 1. The lowest BCUT2D eigenvalue weighted by Gasteiger charge is -2.09. The Morgan fingerprint density at radius 1 is 1.78 bits per heavy atom. The third-order valence-electron chi connectivity index (χ3n) is 0.858. The van der Waals surface area contributed by atoms with Crippen LogP contribution in [0.2, 0.25) is 0 Å². The maximum atomic E-state index is 9.96. The van der Waals surface area contributed by atoms with E-state index in [1.807, 2.05) is 0 Å². The van der Waals surface area contributed by atoms with Gasteiger partial charge in [-0.05, 0) is 0 Å². The lowest BCUT2D eigenvalue weighted by atomic mass is 10.2. The summed E-state index contributed by atoms with van der Waals surface area (Å²) in [4.78, 5) is 9.96. The summed E-state index contributed by atoms with van der Waals surface area (Å²) in [5.74, 6) is -1.41. The minimum absolute atomic E-state index is 0.159. The van der Waals surface area contributed by atoms with Gasteiger partial charge in [-0.2, -0.15) is 0 Å². The molecular weight excluding hydrogens is 146 g/mol. The van der Waals surface area contributed by atoms with Gasteiger partial charge in [-0.15, -0.1) is 11.6 Å². The smallest absolute Gasteiger partial charge is 0.323 e. The fourth-order valence-corrected chi connectivity index (χ4v) is 0.453.